The zero-order valence-corrected chi connectivity index (χ0v) is 13.7. The van der Waals surface area contributed by atoms with Crippen LogP contribution in [-0.2, 0) is 6.54 Å². The lowest BCUT2D eigenvalue weighted by atomic mass is 10.2. The summed E-state index contributed by atoms with van der Waals surface area (Å²) in [5.41, 5.74) is 2.37. The van der Waals surface area contributed by atoms with E-state index < -0.39 is 0 Å². The lowest BCUT2D eigenvalue weighted by Crippen LogP contribution is -2.22. The van der Waals surface area contributed by atoms with Crippen LogP contribution in [0.4, 0.5) is 0 Å². The van der Waals surface area contributed by atoms with Crippen LogP contribution < -0.4 is 10.1 Å². The molecule has 0 spiro atoms. The fraction of sp³-hybridized carbons (Fsp3) is 0.438. The Morgan fingerprint density at radius 1 is 1.38 bits per heavy atom. The van der Waals surface area contributed by atoms with Crippen molar-refractivity contribution in [1.82, 2.24) is 15.5 Å². The highest BCUT2D eigenvalue weighted by atomic mass is 32.2. The Labute approximate surface area is 130 Å². The first-order chi connectivity index (χ1) is 10.2. The molecule has 0 radical (unpaired) electrons. The van der Waals surface area contributed by atoms with Crippen molar-refractivity contribution in [3.63, 3.8) is 0 Å². The van der Waals surface area contributed by atoms with Crippen LogP contribution in [0.3, 0.4) is 0 Å². The molecule has 114 valence electrons. The van der Waals surface area contributed by atoms with Gasteiger partial charge in [0.25, 0.3) is 0 Å². The molecule has 0 aliphatic rings. The highest BCUT2D eigenvalue weighted by Gasteiger charge is 2.07. The molecule has 1 unspecified atom stereocenters. The number of aryl methyl sites for hydroxylation is 1. The minimum atomic E-state index is 0.590. The van der Waals surface area contributed by atoms with E-state index in [2.05, 4.69) is 34.6 Å². The van der Waals surface area contributed by atoms with E-state index >= 15 is 0 Å². The molecule has 0 saturated heterocycles. The standard InChI is InChI=1S/C16H23N3OS/c1-12(8-17-9-14-10-18-19-13(14)2)11-21-16-7-5-4-6-15(16)20-3/h4-7,10,12,17H,8-9,11H2,1-3H3,(H,18,19). The molecule has 0 aliphatic heterocycles. The lowest BCUT2D eigenvalue weighted by molar-refractivity contribution is 0.404. The van der Waals surface area contributed by atoms with Gasteiger partial charge in [-0.2, -0.15) is 5.10 Å². The van der Waals surface area contributed by atoms with Gasteiger partial charge in [-0.15, -0.1) is 11.8 Å². The van der Waals surface area contributed by atoms with E-state index in [1.807, 2.05) is 37.0 Å². The van der Waals surface area contributed by atoms with Crippen LogP contribution in [0, 0.1) is 12.8 Å². The number of hydrogen-bond acceptors (Lipinski definition) is 4. The lowest BCUT2D eigenvalue weighted by Gasteiger charge is -2.13. The van der Waals surface area contributed by atoms with E-state index in [-0.39, 0.29) is 0 Å². The molecule has 0 bridgehead atoms. The fourth-order valence-corrected chi connectivity index (χ4v) is 3.09. The summed E-state index contributed by atoms with van der Waals surface area (Å²) >= 11 is 1.85. The Balaban J connectivity index is 1.72. The number of hydrogen-bond donors (Lipinski definition) is 2. The number of thioether (sulfide) groups is 1. The summed E-state index contributed by atoms with van der Waals surface area (Å²) in [4.78, 5) is 1.21. The molecular weight excluding hydrogens is 282 g/mol. The average molecular weight is 305 g/mol. The normalized spacial score (nSPS) is 12.3. The minimum Gasteiger partial charge on any atom is -0.496 e. The predicted octanol–water partition coefficient (Wildman–Crippen LogP) is 3.24. The van der Waals surface area contributed by atoms with Crippen molar-refractivity contribution in [2.45, 2.75) is 25.3 Å². The number of aromatic amines is 1. The Hall–Kier alpha value is -1.46. The van der Waals surface area contributed by atoms with Crippen LogP contribution in [-0.4, -0.2) is 29.6 Å². The van der Waals surface area contributed by atoms with Gasteiger partial charge in [0.1, 0.15) is 5.75 Å². The maximum absolute atomic E-state index is 5.37. The fourth-order valence-electron chi connectivity index (χ4n) is 2.04. The molecule has 0 aliphatic carbocycles. The SMILES string of the molecule is COc1ccccc1SCC(C)CNCc1cn[nH]c1C. The highest BCUT2D eigenvalue weighted by molar-refractivity contribution is 7.99. The van der Waals surface area contributed by atoms with Gasteiger partial charge in [0, 0.05) is 28.5 Å². The number of ether oxygens (including phenoxy) is 1. The molecule has 1 aromatic heterocycles. The van der Waals surface area contributed by atoms with Crippen LogP contribution in [0.15, 0.2) is 35.4 Å². The third-order valence-corrected chi connectivity index (χ3v) is 4.72. The maximum atomic E-state index is 5.37. The van der Waals surface area contributed by atoms with E-state index in [9.17, 15) is 0 Å². The van der Waals surface area contributed by atoms with Crippen molar-refractivity contribution < 1.29 is 4.74 Å². The van der Waals surface area contributed by atoms with Crippen LogP contribution in [0.25, 0.3) is 0 Å². The van der Waals surface area contributed by atoms with Crippen molar-refractivity contribution in [2.75, 3.05) is 19.4 Å². The summed E-state index contributed by atoms with van der Waals surface area (Å²) in [6, 6.07) is 8.17. The van der Waals surface area contributed by atoms with Gasteiger partial charge < -0.3 is 10.1 Å². The van der Waals surface area contributed by atoms with Gasteiger partial charge in [0.2, 0.25) is 0 Å². The van der Waals surface area contributed by atoms with E-state index in [0.717, 1.165) is 30.3 Å². The van der Waals surface area contributed by atoms with Crippen LogP contribution in [0.1, 0.15) is 18.2 Å². The largest absolute Gasteiger partial charge is 0.496 e. The van der Waals surface area contributed by atoms with E-state index in [4.69, 9.17) is 4.74 Å². The first-order valence-corrected chi connectivity index (χ1v) is 8.14. The summed E-state index contributed by atoms with van der Waals surface area (Å²) in [7, 11) is 1.72. The van der Waals surface area contributed by atoms with E-state index in [1.165, 1.54) is 10.5 Å². The topological polar surface area (TPSA) is 49.9 Å². The molecular formula is C16H23N3OS. The van der Waals surface area contributed by atoms with Gasteiger partial charge in [0.05, 0.1) is 13.3 Å². The monoisotopic (exact) mass is 305 g/mol. The molecule has 0 fully saturated rings. The quantitative estimate of drug-likeness (QED) is 0.735. The Bertz CT molecular complexity index is 556. The van der Waals surface area contributed by atoms with Crippen molar-refractivity contribution in [1.29, 1.82) is 0 Å². The molecule has 0 amide bonds. The van der Waals surface area contributed by atoms with Gasteiger partial charge in [0.15, 0.2) is 0 Å². The second kappa shape index (κ2) is 8.10. The van der Waals surface area contributed by atoms with Gasteiger partial charge in [-0.25, -0.2) is 0 Å². The Kier molecular flexibility index (Phi) is 6.14. The minimum absolute atomic E-state index is 0.590. The number of nitrogens with zero attached hydrogens (tertiary/aromatic N) is 1. The predicted molar refractivity (Wildman–Crippen MR) is 87.9 cm³/mol. The second-order valence-corrected chi connectivity index (χ2v) is 6.28. The van der Waals surface area contributed by atoms with Crippen LogP contribution >= 0.6 is 11.8 Å². The van der Waals surface area contributed by atoms with Crippen molar-refractivity contribution in [3.05, 3.63) is 41.7 Å². The van der Waals surface area contributed by atoms with E-state index in [1.54, 1.807) is 7.11 Å². The number of nitrogens with one attached hydrogen (secondary N) is 2. The van der Waals surface area contributed by atoms with Gasteiger partial charge in [-0.3, -0.25) is 5.10 Å². The smallest absolute Gasteiger partial charge is 0.132 e. The Morgan fingerprint density at radius 2 is 2.19 bits per heavy atom. The number of rotatable bonds is 8. The van der Waals surface area contributed by atoms with Gasteiger partial charge >= 0.3 is 0 Å². The highest BCUT2D eigenvalue weighted by Crippen LogP contribution is 2.29. The van der Waals surface area contributed by atoms with Crippen LogP contribution in [0.5, 0.6) is 5.75 Å². The summed E-state index contributed by atoms with van der Waals surface area (Å²) in [6.45, 7) is 6.17. The van der Waals surface area contributed by atoms with Crippen molar-refractivity contribution in [3.8, 4) is 5.75 Å². The van der Waals surface area contributed by atoms with Crippen LogP contribution in [0.2, 0.25) is 0 Å². The van der Waals surface area contributed by atoms with Gasteiger partial charge in [-0.05, 0) is 31.5 Å². The number of methoxy groups -OCH3 is 1. The van der Waals surface area contributed by atoms with Crippen molar-refractivity contribution >= 4 is 11.8 Å². The molecule has 0 saturated carbocycles. The molecule has 1 aromatic carbocycles. The second-order valence-electron chi connectivity index (χ2n) is 5.22. The summed E-state index contributed by atoms with van der Waals surface area (Å²) in [5.74, 6) is 2.61. The molecule has 1 heterocycles. The zero-order chi connectivity index (χ0) is 15.1. The first-order valence-electron chi connectivity index (χ1n) is 7.16. The third kappa shape index (κ3) is 4.79. The maximum Gasteiger partial charge on any atom is 0.132 e. The number of para-hydroxylation sites is 1. The third-order valence-electron chi connectivity index (χ3n) is 3.33. The van der Waals surface area contributed by atoms with E-state index in [0.29, 0.717) is 5.92 Å². The average Bonchev–Trinajstić information content (AvgIpc) is 2.91. The van der Waals surface area contributed by atoms with Crippen molar-refractivity contribution in [2.24, 2.45) is 5.92 Å². The first kappa shape index (κ1) is 15.9. The molecule has 2 rings (SSSR count). The number of aromatic nitrogens is 2. The molecule has 2 aromatic rings. The molecule has 4 nitrogen and oxygen atoms in total. The summed E-state index contributed by atoms with van der Waals surface area (Å²) in [6.07, 6.45) is 1.89. The summed E-state index contributed by atoms with van der Waals surface area (Å²) in [5, 5.41) is 10.5. The van der Waals surface area contributed by atoms with Gasteiger partial charge in [-0.1, -0.05) is 19.1 Å². The molecule has 2 N–H and O–H groups in total. The molecule has 21 heavy (non-hydrogen) atoms. The Morgan fingerprint density at radius 3 is 2.90 bits per heavy atom. The molecule has 1 atom stereocenters. The number of benzene rings is 1. The molecule has 5 heteroatoms. The summed E-state index contributed by atoms with van der Waals surface area (Å²) < 4.78 is 5.37. The number of H-pyrrole nitrogens is 1. The zero-order valence-electron chi connectivity index (χ0n) is 12.8.